The number of carbonyl (C=O) groups excluding carboxylic acids is 3. The molecule has 2 aromatic rings. The number of nitrogens with one attached hydrogen (secondary N) is 1. The van der Waals surface area contributed by atoms with Crippen LogP contribution >= 0.6 is 11.8 Å². The van der Waals surface area contributed by atoms with Gasteiger partial charge in [0.25, 0.3) is 11.8 Å². The molecule has 5 nitrogen and oxygen atoms in total. The Balaban J connectivity index is 1.82. The molecule has 1 heterocycles. The van der Waals surface area contributed by atoms with Crippen molar-refractivity contribution < 1.29 is 18.8 Å². The molecule has 0 radical (unpaired) electrons. The molecule has 7 heteroatoms. The average Bonchev–Trinajstić information content (AvgIpc) is 2.94. The number of hydrogen-bond acceptors (Lipinski definition) is 4. The van der Waals surface area contributed by atoms with E-state index >= 15 is 0 Å². The molecule has 0 saturated heterocycles. The molecular formula is C21H21FN2O3S. The third kappa shape index (κ3) is 3.94. The van der Waals surface area contributed by atoms with Gasteiger partial charge in [-0.25, -0.2) is 4.39 Å². The number of amides is 3. The van der Waals surface area contributed by atoms with Gasteiger partial charge in [-0.2, -0.15) is 11.8 Å². The summed E-state index contributed by atoms with van der Waals surface area (Å²) in [7, 11) is 0. The summed E-state index contributed by atoms with van der Waals surface area (Å²) in [5.74, 6) is -1.03. The van der Waals surface area contributed by atoms with Gasteiger partial charge < -0.3 is 5.32 Å². The van der Waals surface area contributed by atoms with Crippen LogP contribution in [0.3, 0.4) is 0 Å². The fourth-order valence-corrected chi connectivity index (χ4v) is 3.70. The molecule has 2 atom stereocenters. The summed E-state index contributed by atoms with van der Waals surface area (Å²) in [6.45, 7) is 1.78. The highest BCUT2D eigenvalue weighted by Gasteiger charge is 2.42. The number of benzene rings is 2. The minimum atomic E-state index is -0.900. The summed E-state index contributed by atoms with van der Waals surface area (Å²) in [6.07, 6.45) is 2.26. The van der Waals surface area contributed by atoms with Crippen molar-refractivity contribution in [1.29, 1.82) is 0 Å². The zero-order valence-corrected chi connectivity index (χ0v) is 16.5. The van der Waals surface area contributed by atoms with Gasteiger partial charge in [0, 0.05) is 0 Å². The van der Waals surface area contributed by atoms with Crippen LogP contribution < -0.4 is 5.32 Å². The van der Waals surface area contributed by atoms with E-state index in [0.717, 1.165) is 10.5 Å². The molecule has 1 aliphatic heterocycles. The lowest BCUT2D eigenvalue weighted by molar-refractivity contribution is -0.125. The molecule has 0 unspecified atom stereocenters. The van der Waals surface area contributed by atoms with Crippen molar-refractivity contribution in [1.82, 2.24) is 10.2 Å². The zero-order valence-electron chi connectivity index (χ0n) is 15.6. The summed E-state index contributed by atoms with van der Waals surface area (Å²) in [4.78, 5) is 39.6. The van der Waals surface area contributed by atoms with E-state index in [2.05, 4.69) is 5.32 Å². The van der Waals surface area contributed by atoms with Gasteiger partial charge in [-0.1, -0.05) is 24.3 Å². The Morgan fingerprint density at radius 2 is 1.64 bits per heavy atom. The van der Waals surface area contributed by atoms with Gasteiger partial charge >= 0.3 is 0 Å². The molecule has 2 aromatic carbocycles. The molecule has 0 saturated carbocycles. The van der Waals surface area contributed by atoms with Gasteiger partial charge in [-0.15, -0.1) is 0 Å². The summed E-state index contributed by atoms with van der Waals surface area (Å²) in [5.41, 5.74) is 1.38. The zero-order chi connectivity index (χ0) is 20.3. The van der Waals surface area contributed by atoms with Gasteiger partial charge in [0.15, 0.2) is 0 Å². The molecule has 146 valence electrons. The molecule has 0 bridgehead atoms. The van der Waals surface area contributed by atoms with E-state index < -0.39 is 23.8 Å². The van der Waals surface area contributed by atoms with Crippen molar-refractivity contribution >= 4 is 29.5 Å². The maximum absolute atomic E-state index is 13.1. The third-order valence-electron chi connectivity index (χ3n) is 4.76. The Hall–Kier alpha value is -2.67. The van der Waals surface area contributed by atoms with E-state index in [4.69, 9.17) is 0 Å². The van der Waals surface area contributed by atoms with Crippen LogP contribution in [0.15, 0.2) is 48.5 Å². The van der Waals surface area contributed by atoms with Gasteiger partial charge in [0.2, 0.25) is 5.91 Å². The highest BCUT2D eigenvalue weighted by atomic mass is 32.2. The molecule has 3 amide bonds. The van der Waals surface area contributed by atoms with E-state index in [1.54, 1.807) is 43.3 Å². The van der Waals surface area contributed by atoms with E-state index in [-0.39, 0.29) is 11.9 Å². The lowest BCUT2D eigenvalue weighted by Gasteiger charge is -2.27. The lowest BCUT2D eigenvalue weighted by atomic mass is 10.1. The summed E-state index contributed by atoms with van der Waals surface area (Å²) in [6, 6.07) is 11.1. The first kappa shape index (κ1) is 20.1. The van der Waals surface area contributed by atoms with Crippen LogP contribution in [0.25, 0.3) is 0 Å². The largest absolute Gasteiger partial charge is 0.348 e. The number of nitrogens with zero attached hydrogens (tertiary/aromatic N) is 1. The van der Waals surface area contributed by atoms with Gasteiger partial charge in [-0.05, 0) is 55.2 Å². The standard InChI is InChI=1S/C21H21FN2O3S/c1-13(14-7-9-15(22)10-8-14)23-19(25)18(11-12-28-2)24-20(26)16-5-3-4-6-17(16)21(24)27/h3-10,13,18H,11-12H2,1-2H3,(H,23,25)/t13-,18-/m1/s1. The molecule has 0 aliphatic carbocycles. The summed E-state index contributed by atoms with van der Waals surface area (Å²) >= 11 is 1.54. The molecule has 1 aliphatic rings. The van der Waals surface area contributed by atoms with Crippen molar-refractivity contribution in [2.45, 2.75) is 25.4 Å². The SMILES string of the molecule is CSCC[C@H](C(=O)N[C@H](C)c1ccc(F)cc1)N1C(=O)c2ccccc2C1=O. The van der Waals surface area contributed by atoms with Crippen molar-refractivity contribution in [3.05, 3.63) is 71.0 Å². The maximum Gasteiger partial charge on any atom is 0.262 e. The van der Waals surface area contributed by atoms with Gasteiger partial charge in [-0.3, -0.25) is 19.3 Å². The van der Waals surface area contributed by atoms with E-state index in [1.165, 1.54) is 23.9 Å². The van der Waals surface area contributed by atoms with Crippen LogP contribution in [-0.2, 0) is 4.79 Å². The van der Waals surface area contributed by atoms with Crippen LogP contribution in [0.5, 0.6) is 0 Å². The number of imide groups is 1. The highest BCUT2D eigenvalue weighted by molar-refractivity contribution is 7.98. The van der Waals surface area contributed by atoms with Crippen molar-refractivity contribution in [2.24, 2.45) is 0 Å². The number of rotatable bonds is 7. The number of halogens is 1. The Morgan fingerprint density at radius 1 is 1.07 bits per heavy atom. The molecule has 3 rings (SSSR count). The van der Waals surface area contributed by atoms with E-state index in [9.17, 15) is 18.8 Å². The second-order valence-corrected chi connectivity index (χ2v) is 7.59. The van der Waals surface area contributed by atoms with Gasteiger partial charge in [0.05, 0.1) is 17.2 Å². The Bertz CT molecular complexity index is 866. The molecule has 1 N–H and O–H groups in total. The smallest absolute Gasteiger partial charge is 0.262 e. The first-order valence-corrected chi connectivity index (χ1v) is 10.3. The van der Waals surface area contributed by atoms with Crippen LogP contribution in [0.1, 0.15) is 45.7 Å². The van der Waals surface area contributed by atoms with E-state index in [0.29, 0.717) is 23.3 Å². The number of fused-ring (bicyclic) bond motifs is 1. The minimum absolute atomic E-state index is 0.320. The quantitative estimate of drug-likeness (QED) is 0.724. The second-order valence-electron chi connectivity index (χ2n) is 6.60. The fourth-order valence-electron chi connectivity index (χ4n) is 3.24. The van der Waals surface area contributed by atoms with Crippen LogP contribution in [0, 0.1) is 5.82 Å². The van der Waals surface area contributed by atoms with Crippen molar-refractivity contribution in [3.8, 4) is 0 Å². The van der Waals surface area contributed by atoms with E-state index in [1.807, 2.05) is 6.26 Å². The van der Waals surface area contributed by atoms with Crippen LogP contribution in [0.2, 0.25) is 0 Å². The Morgan fingerprint density at radius 3 is 2.18 bits per heavy atom. The average molecular weight is 400 g/mol. The minimum Gasteiger partial charge on any atom is -0.348 e. The second kappa shape index (κ2) is 8.56. The number of carbonyl (C=O) groups is 3. The summed E-state index contributed by atoms with van der Waals surface area (Å²) < 4.78 is 13.1. The molecule has 0 fully saturated rings. The Labute approximate surface area is 167 Å². The number of thioether (sulfide) groups is 1. The Kier molecular flexibility index (Phi) is 6.14. The third-order valence-corrected chi connectivity index (χ3v) is 5.41. The highest BCUT2D eigenvalue weighted by Crippen LogP contribution is 2.26. The first-order valence-electron chi connectivity index (χ1n) is 8.95. The van der Waals surface area contributed by atoms with Crippen molar-refractivity contribution in [3.63, 3.8) is 0 Å². The van der Waals surface area contributed by atoms with Crippen molar-refractivity contribution in [2.75, 3.05) is 12.0 Å². The summed E-state index contributed by atoms with van der Waals surface area (Å²) in [5, 5.41) is 2.85. The fraction of sp³-hybridized carbons (Fsp3) is 0.286. The molecule has 0 aromatic heterocycles. The first-order chi connectivity index (χ1) is 13.4. The maximum atomic E-state index is 13.1. The number of hydrogen-bond donors (Lipinski definition) is 1. The lowest BCUT2D eigenvalue weighted by Crippen LogP contribution is -2.50. The van der Waals surface area contributed by atoms with Crippen LogP contribution in [0.4, 0.5) is 4.39 Å². The monoisotopic (exact) mass is 400 g/mol. The molecular weight excluding hydrogens is 379 g/mol. The predicted molar refractivity (Wildman–Crippen MR) is 107 cm³/mol. The topological polar surface area (TPSA) is 66.5 Å². The predicted octanol–water partition coefficient (Wildman–Crippen LogP) is 3.42. The van der Waals surface area contributed by atoms with Gasteiger partial charge in [0.1, 0.15) is 11.9 Å². The normalized spacial score (nSPS) is 15.3. The molecule has 28 heavy (non-hydrogen) atoms. The van der Waals surface area contributed by atoms with Crippen LogP contribution in [-0.4, -0.2) is 40.7 Å². The molecule has 0 spiro atoms.